The van der Waals surface area contributed by atoms with E-state index in [-0.39, 0.29) is 5.97 Å². The molecule has 2 heterocycles. The predicted octanol–water partition coefficient (Wildman–Crippen LogP) is 4.05. The van der Waals surface area contributed by atoms with Crippen LogP contribution in [0.2, 0.25) is 5.15 Å². The molecule has 1 aromatic heterocycles. The smallest absolute Gasteiger partial charge is 0.306 e. The van der Waals surface area contributed by atoms with Crippen molar-refractivity contribution in [2.45, 2.75) is 77.0 Å². The first-order chi connectivity index (χ1) is 15.0. The van der Waals surface area contributed by atoms with E-state index in [0.717, 1.165) is 43.7 Å². The number of unbranched alkanes of at least 4 members (excludes halogenated alkanes) is 2. The second-order valence-corrected chi connectivity index (χ2v) is 10.4. The Kier molecular flexibility index (Phi) is 10.2. The molecule has 1 aliphatic heterocycles. The minimum atomic E-state index is -0.797. The second-order valence-electron chi connectivity index (χ2n) is 10.00. The fourth-order valence-electron chi connectivity index (χ4n) is 3.78. The number of rotatable bonds is 11. The molecule has 0 aromatic carbocycles. The van der Waals surface area contributed by atoms with Gasteiger partial charge in [-0.2, -0.15) is 0 Å². The molecule has 2 rings (SSSR count). The second kappa shape index (κ2) is 12.2. The van der Waals surface area contributed by atoms with Gasteiger partial charge in [0.2, 0.25) is 0 Å². The molecule has 7 nitrogen and oxygen atoms in total. The van der Waals surface area contributed by atoms with E-state index in [9.17, 15) is 9.90 Å². The van der Waals surface area contributed by atoms with Crippen LogP contribution in [0.4, 0.5) is 5.69 Å². The van der Waals surface area contributed by atoms with Crippen molar-refractivity contribution >= 4 is 23.3 Å². The Labute approximate surface area is 198 Å². The van der Waals surface area contributed by atoms with E-state index >= 15 is 0 Å². The third kappa shape index (κ3) is 9.61. The molecule has 1 aromatic rings. The monoisotopic (exact) mass is 469 g/mol. The van der Waals surface area contributed by atoms with Crippen LogP contribution in [0.1, 0.15) is 65.0 Å². The van der Waals surface area contributed by atoms with Gasteiger partial charge in [-0.1, -0.05) is 18.0 Å². The van der Waals surface area contributed by atoms with Gasteiger partial charge in [0.15, 0.2) is 0 Å². The van der Waals surface area contributed by atoms with Gasteiger partial charge in [0, 0.05) is 32.7 Å². The number of ether oxygens (including phenoxy) is 2. The van der Waals surface area contributed by atoms with Crippen LogP contribution < -0.4 is 4.90 Å². The van der Waals surface area contributed by atoms with E-state index in [4.69, 9.17) is 21.1 Å². The van der Waals surface area contributed by atoms with Crippen molar-refractivity contribution in [2.75, 3.05) is 45.3 Å². The molecule has 8 heteroatoms. The Morgan fingerprint density at radius 2 is 1.91 bits per heavy atom. The summed E-state index contributed by atoms with van der Waals surface area (Å²) in [7, 11) is 4.02. The molecular formula is C24H40ClN3O4. The van der Waals surface area contributed by atoms with E-state index in [0.29, 0.717) is 44.2 Å². The first kappa shape index (κ1) is 26.8. The lowest BCUT2D eigenvalue weighted by molar-refractivity contribution is -0.154. The van der Waals surface area contributed by atoms with Gasteiger partial charge in [0.25, 0.3) is 0 Å². The summed E-state index contributed by atoms with van der Waals surface area (Å²) < 4.78 is 11.1. The summed E-state index contributed by atoms with van der Waals surface area (Å²) in [4.78, 5) is 20.6. The molecule has 182 valence electrons. The van der Waals surface area contributed by atoms with E-state index in [1.165, 1.54) is 0 Å². The normalized spacial score (nSPS) is 16.4. The minimum Gasteiger partial charge on any atom is -0.460 e. The number of carbonyl (C=O) groups is 1. The molecule has 1 aliphatic rings. The predicted molar refractivity (Wildman–Crippen MR) is 128 cm³/mol. The van der Waals surface area contributed by atoms with E-state index in [2.05, 4.69) is 14.8 Å². The minimum absolute atomic E-state index is 0.149. The molecule has 0 saturated carbocycles. The summed E-state index contributed by atoms with van der Waals surface area (Å²) >= 11 is 6.10. The molecule has 0 bridgehead atoms. The molecule has 0 amide bonds. The third-order valence-corrected chi connectivity index (χ3v) is 5.59. The summed E-state index contributed by atoms with van der Waals surface area (Å²) in [6, 6.07) is 3.84. The topological polar surface area (TPSA) is 75.1 Å². The number of aliphatic hydroxyl groups is 1. The maximum absolute atomic E-state index is 11.7. The lowest BCUT2D eigenvalue weighted by atomic mass is 9.92. The zero-order chi connectivity index (χ0) is 23.8. The third-order valence-electron chi connectivity index (χ3n) is 5.38. The highest BCUT2D eigenvalue weighted by Crippen LogP contribution is 2.29. The Morgan fingerprint density at radius 1 is 1.22 bits per heavy atom. The largest absolute Gasteiger partial charge is 0.460 e. The van der Waals surface area contributed by atoms with Crippen LogP contribution in [0.15, 0.2) is 12.1 Å². The maximum Gasteiger partial charge on any atom is 0.306 e. The molecule has 1 saturated heterocycles. The Balaban J connectivity index is 1.68. The van der Waals surface area contributed by atoms with Crippen molar-refractivity contribution < 1.29 is 19.4 Å². The number of carbonyl (C=O) groups excluding carboxylic acids is 1. The van der Waals surface area contributed by atoms with Gasteiger partial charge in [-0.3, -0.25) is 4.79 Å². The van der Waals surface area contributed by atoms with Crippen molar-refractivity contribution in [1.82, 2.24) is 9.88 Å². The van der Waals surface area contributed by atoms with Crippen LogP contribution >= 0.6 is 11.6 Å². The van der Waals surface area contributed by atoms with Gasteiger partial charge >= 0.3 is 5.97 Å². The van der Waals surface area contributed by atoms with Crippen LogP contribution in [-0.4, -0.2) is 72.6 Å². The number of anilines is 1. The number of nitrogens with zero attached hydrogens (tertiary/aromatic N) is 3. The van der Waals surface area contributed by atoms with Crippen LogP contribution in [0.3, 0.4) is 0 Å². The van der Waals surface area contributed by atoms with Gasteiger partial charge in [0.1, 0.15) is 10.8 Å². The molecule has 0 radical (unpaired) electrons. The first-order valence-electron chi connectivity index (χ1n) is 11.5. The van der Waals surface area contributed by atoms with Crippen molar-refractivity contribution in [3.05, 3.63) is 23.0 Å². The van der Waals surface area contributed by atoms with Crippen LogP contribution in [0.25, 0.3) is 0 Å². The number of aromatic nitrogens is 1. The Hall–Kier alpha value is -1.41. The zero-order valence-corrected chi connectivity index (χ0v) is 21.1. The highest BCUT2D eigenvalue weighted by Gasteiger charge is 2.33. The number of esters is 1. The van der Waals surface area contributed by atoms with Gasteiger partial charge in [-0.05, 0) is 72.7 Å². The molecule has 0 aliphatic carbocycles. The van der Waals surface area contributed by atoms with Crippen LogP contribution in [-0.2, 0) is 20.8 Å². The Bertz CT molecular complexity index is 728. The number of hydrogen-bond acceptors (Lipinski definition) is 7. The van der Waals surface area contributed by atoms with Crippen molar-refractivity contribution in [3.63, 3.8) is 0 Å². The van der Waals surface area contributed by atoms with Crippen LogP contribution in [0, 0.1) is 0 Å². The summed E-state index contributed by atoms with van der Waals surface area (Å²) in [5.41, 5.74) is 0.809. The lowest BCUT2D eigenvalue weighted by Crippen LogP contribution is -2.47. The highest BCUT2D eigenvalue weighted by molar-refractivity contribution is 6.29. The molecule has 1 N–H and O–H groups in total. The van der Waals surface area contributed by atoms with E-state index < -0.39 is 11.2 Å². The average molecular weight is 470 g/mol. The number of halogens is 1. The number of piperidine rings is 1. The summed E-state index contributed by atoms with van der Waals surface area (Å²) in [6.45, 7) is 8.78. The van der Waals surface area contributed by atoms with Gasteiger partial charge in [-0.25, -0.2) is 4.98 Å². The highest BCUT2D eigenvalue weighted by atomic mass is 35.5. The standard InChI is InChI=1S/C24H40ClN3O4/c1-23(2,3)32-22(29)9-7-6-8-16-31-18-24(30)12-14-28(15-13-24)20-10-11-21(25)26-19(20)17-27(4)5/h10-11,30H,6-9,12-18H2,1-5H3. The molecule has 1 fully saturated rings. The molecule has 32 heavy (non-hydrogen) atoms. The summed E-state index contributed by atoms with van der Waals surface area (Å²) in [5.74, 6) is -0.149. The fraction of sp³-hybridized carbons (Fsp3) is 0.750. The van der Waals surface area contributed by atoms with Crippen molar-refractivity contribution in [1.29, 1.82) is 0 Å². The van der Waals surface area contributed by atoms with Gasteiger partial charge in [-0.15, -0.1) is 0 Å². The van der Waals surface area contributed by atoms with Crippen molar-refractivity contribution in [3.8, 4) is 0 Å². The first-order valence-corrected chi connectivity index (χ1v) is 11.9. The van der Waals surface area contributed by atoms with E-state index in [1.807, 2.05) is 47.0 Å². The maximum atomic E-state index is 11.7. The van der Waals surface area contributed by atoms with Crippen LogP contribution in [0.5, 0.6) is 0 Å². The number of hydrogen-bond donors (Lipinski definition) is 1. The quantitative estimate of drug-likeness (QED) is 0.297. The van der Waals surface area contributed by atoms with Gasteiger partial charge < -0.3 is 24.4 Å². The average Bonchev–Trinajstić information content (AvgIpc) is 2.66. The molecule has 0 spiro atoms. The zero-order valence-electron chi connectivity index (χ0n) is 20.3. The molecule has 0 unspecified atom stereocenters. The van der Waals surface area contributed by atoms with Gasteiger partial charge in [0.05, 0.1) is 23.6 Å². The lowest BCUT2D eigenvalue weighted by Gasteiger charge is -2.39. The SMILES string of the molecule is CN(C)Cc1nc(Cl)ccc1N1CCC(O)(COCCCCCC(=O)OC(C)(C)C)CC1. The van der Waals surface area contributed by atoms with E-state index in [1.54, 1.807) is 0 Å². The summed E-state index contributed by atoms with van der Waals surface area (Å²) in [6.07, 6.45) is 4.30. The Morgan fingerprint density at radius 3 is 2.53 bits per heavy atom. The molecule has 0 atom stereocenters. The van der Waals surface area contributed by atoms with Crippen molar-refractivity contribution in [2.24, 2.45) is 0 Å². The fourth-order valence-corrected chi connectivity index (χ4v) is 3.95. The molecular weight excluding hydrogens is 430 g/mol. The number of pyridine rings is 1. The summed E-state index contributed by atoms with van der Waals surface area (Å²) in [5, 5.41) is 11.4.